The smallest absolute Gasteiger partial charge is 0.107 e. The van der Waals surface area contributed by atoms with E-state index in [0.717, 1.165) is 37.5 Å². The van der Waals surface area contributed by atoms with Gasteiger partial charge in [-0.2, -0.15) is 5.10 Å². The predicted molar refractivity (Wildman–Crippen MR) is 74.6 cm³/mol. The third kappa shape index (κ3) is 3.65. The number of nitrogens with one attached hydrogen (secondary N) is 1. The van der Waals surface area contributed by atoms with Crippen LogP contribution in [-0.2, 0) is 26.1 Å². The fourth-order valence-corrected chi connectivity index (χ4v) is 2.59. The molecule has 0 saturated heterocycles. The van der Waals surface area contributed by atoms with Crippen LogP contribution in [0.1, 0.15) is 35.7 Å². The molecule has 0 aliphatic carbocycles. The molecule has 0 atom stereocenters. The van der Waals surface area contributed by atoms with Gasteiger partial charge in [0.25, 0.3) is 0 Å². The van der Waals surface area contributed by atoms with Crippen LogP contribution in [0.15, 0.2) is 18.6 Å². The molecule has 0 aliphatic heterocycles. The monoisotopic (exact) mass is 264 g/mol. The number of hydrogen-bond acceptors (Lipinski definition) is 4. The summed E-state index contributed by atoms with van der Waals surface area (Å²) in [4.78, 5) is 5.74. The molecular formula is C13H20N4S. The van der Waals surface area contributed by atoms with E-state index in [4.69, 9.17) is 0 Å². The highest BCUT2D eigenvalue weighted by atomic mass is 32.1. The van der Waals surface area contributed by atoms with Crippen LogP contribution in [0.2, 0.25) is 0 Å². The van der Waals surface area contributed by atoms with Crippen molar-refractivity contribution in [2.45, 2.75) is 46.3 Å². The molecule has 0 aromatic carbocycles. The second-order valence-electron chi connectivity index (χ2n) is 4.29. The molecule has 0 fully saturated rings. The topological polar surface area (TPSA) is 42.7 Å². The largest absolute Gasteiger partial charge is 0.306 e. The highest BCUT2D eigenvalue weighted by molar-refractivity contribution is 7.11. The Morgan fingerprint density at radius 2 is 2.17 bits per heavy atom. The molecule has 0 aliphatic rings. The summed E-state index contributed by atoms with van der Waals surface area (Å²) >= 11 is 1.79. The summed E-state index contributed by atoms with van der Waals surface area (Å²) in [6, 6.07) is 0. The first-order valence-electron chi connectivity index (χ1n) is 6.47. The Hall–Kier alpha value is -1.20. The van der Waals surface area contributed by atoms with Crippen LogP contribution >= 0.6 is 11.3 Å². The Morgan fingerprint density at radius 3 is 2.89 bits per heavy atom. The van der Waals surface area contributed by atoms with E-state index in [9.17, 15) is 0 Å². The van der Waals surface area contributed by atoms with Gasteiger partial charge in [0, 0.05) is 42.5 Å². The maximum atomic E-state index is 4.39. The van der Waals surface area contributed by atoms with Crippen LogP contribution in [0.5, 0.6) is 0 Å². The zero-order valence-electron chi connectivity index (χ0n) is 11.0. The highest BCUT2D eigenvalue weighted by Gasteiger charge is 2.01. The van der Waals surface area contributed by atoms with E-state index < -0.39 is 0 Å². The molecule has 2 aromatic heterocycles. The number of aryl methyl sites for hydroxylation is 2. The molecular weight excluding hydrogens is 244 g/mol. The summed E-state index contributed by atoms with van der Waals surface area (Å²) in [5, 5.41) is 8.88. The Kier molecular flexibility index (Phi) is 4.90. The SMILES string of the molecule is CCCn1cc(CNCc2ncc(CC)s2)cn1. The quantitative estimate of drug-likeness (QED) is 0.836. The van der Waals surface area contributed by atoms with Crippen molar-refractivity contribution in [2.75, 3.05) is 0 Å². The number of hydrogen-bond donors (Lipinski definition) is 1. The zero-order valence-corrected chi connectivity index (χ0v) is 11.8. The van der Waals surface area contributed by atoms with E-state index in [1.807, 2.05) is 17.1 Å². The first kappa shape index (κ1) is 13.2. The number of aromatic nitrogens is 3. The van der Waals surface area contributed by atoms with Crippen LogP contribution in [0, 0.1) is 0 Å². The maximum Gasteiger partial charge on any atom is 0.107 e. The van der Waals surface area contributed by atoms with Gasteiger partial charge in [-0.25, -0.2) is 4.98 Å². The minimum Gasteiger partial charge on any atom is -0.306 e. The van der Waals surface area contributed by atoms with Crippen molar-refractivity contribution in [3.05, 3.63) is 34.0 Å². The Balaban J connectivity index is 1.77. The molecule has 2 rings (SSSR count). The summed E-state index contributed by atoms with van der Waals surface area (Å²) in [7, 11) is 0. The molecule has 2 aromatic rings. The molecule has 18 heavy (non-hydrogen) atoms. The van der Waals surface area contributed by atoms with Crippen molar-refractivity contribution >= 4 is 11.3 Å². The van der Waals surface area contributed by atoms with Crippen LogP contribution in [-0.4, -0.2) is 14.8 Å². The second-order valence-corrected chi connectivity index (χ2v) is 5.49. The van der Waals surface area contributed by atoms with Crippen LogP contribution in [0.25, 0.3) is 0 Å². The summed E-state index contributed by atoms with van der Waals surface area (Å²) in [6.07, 6.45) is 8.20. The molecule has 0 amide bonds. The van der Waals surface area contributed by atoms with Gasteiger partial charge in [-0.15, -0.1) is 11.3 Å². The molecule has 0 radical (unpaired) electrons. The van der Waals surface area contributed by atoms with E-state index in [1.165, 1.54) is 10.4 Å². The maximum absolute atomic E-state index is 4.39. The molecule has 2 heterocycles. The van der Waals surface area contributed by atoms with E-state index in [-0.39, 0.29) is 0 Å². The fourth-order valence-electron chi connectivity index (χ4n) is 1.76. The average molecular weight is 264 g/mol. The van der Waals surface area contributed by atoms with Gasteiger partial charge < -0.3 is 5.32 Å². The predicted octanol–water partition coefficient (Wildman–Crippen LogP) is 2.60. The Bertz CT molecular complexity index is 475. The molecule has 0 saturated carbocycles. The minimum absolute atomic E-state index is 0.837. The second kappa shape index (κ2) is 6.66. The van der Waals surface area contributed by atoms with Gasteiger partial charge in [0.05, 0.1) is 6.20 Å². The summed E-state index contributed by atoms with van der Waals surface area (Å²) < 4.78 is 2.00. The van der Waals surface area contributed by atoms with Crippen LogP contribution in [0.4, 0.5) is 0 Å². The summed E-state index contributed by atoms with van der Waals surface area (Å²) in [5.41, 5.74) is 1.23. The van der Waals surface area contributed by atoms with E-state index in [0.29, 0.717) is 0 Å². The van der Waals surface area contributed by atoms with Crippen molar-refractivity contribution in [1.82, 2.24) is 20.1 Å². The van der Waals surface area contributed by atoms with Crippen LogP contribution in [0.3, 0.4) is 0 Å². The van der Waals surface area contributed by atoms with Gasteiger partial charge in [0.2, 0.25) is 0 Å². The standard InChI is InChI=1S/C13H20N4S/c1-3-5-17-10-11(7-16-17)6-14-9-13-15-8-12(4-2)18-13/h7-8,10,14H,3-6,9H2,1-2H3. The van der Waals surface area contributed by atoms with Gasteiger partial charge in [0.15, 0.2) is 0 Å². The lowest BCUT2D eigenvalue weighted by molar-refractivity contribution is 0.601. The number of rotatable bonds is 7. The van der Waals surface area contributed by atoms with E-state index in [1.54, 1.807) is 11.3 Å². The minimum atomic E-state index is 0.837. The lowest BCUT2D eigenvalue weighted by Gasteiger charge is -1.99. The fraction of sp³-hybridized carbons (Fsp3) is 0.538. The molecule has 0 spiro atoms. The van der Waals surface area contributed by atoms with Crippen molar-refractivity contribution in [3.63, 3.8) is 0 Å². The van der Waals surface area contributed by atoms with Crippen molar-refractivity contribution in [3.8, 4) is 0 Å². The van der Waals surface area contributed by atoms with Crippen molar-refractivity contribution in [1.29, 1.82) is 0 Å². The third-order valence-electron chi connectivity index (χ3n) is 2.69. The van der Waals surface area contributed by atoms with E-state index >= 15 is 0 Å². The van der Waals surface area contributed by atoms with Gasteiger partial charge >= 0.3 is 0 Å². The van der Waals surface area contributed by atoms with Crippen LogP contribution < -0.4 is 5.32 Å². The molecule has 1 N–H and O–H groups in total. The molecule has 0 unspecified atom stereocenters. The number of nitrogens with zero attached hydrogens (tertiary/aromatic N) is 3. The van der Waals surface area contributed by atoms with Crippen molar-refractivity contribution in [2.24, 2.45) is 0 Å². The summed E-state index contributed by atoms with van der Waals surface area (Å²) in [5.74, 6) is 0. The van der Waals surface area contributed by atoms with Gasteiger partial charge in [-0.1, -0.05) is 13.8 Å². The van der Waals surface area contributed by atoms with Gasteiger partial charge in [-0.05, 0) is 12.8 Å². The van der Waals surface area contributed by atoms with Gasteiger partial charge in [0.1, 0.15) is 5.01 Å². The average Bonchev–Trinajstić information content (AvgIpc) is 2.99. The first-order valence-corrected chi connectivity index (χ1v) is 7.29. The molecule has 5 heteroatoms. The summed E-state index contributed by atoms with van der Waals surface area (Å²) in [6.45, 7) is 7.00. The molecule has 98 valence electrons. The van der Waals surface area contributed by atoms with Crippen molar-refractivity contribution < 1.29 is 0 Å². The Morgan fingerprint density at radius 1 is 1.28 bits per heavy atom. The molecule has 4 nitrogen and oxygen atoms in total. The lowest BCUT2D eigenvalue weighted by Crippen LogP contribution is -2.11. The third-order valence-corrected chi connectivity index (χ3v) is 3.84. The Labute approximate surface area is 112 Å². The normalized spacial score (nSPS) is 11.0. The first-order chi connectivity index (χ1) is 8.81. The lowest BCUT2D eigenvalue weighted by atomic mass is 10.3. The van der Waals surface area contributed by atoms with Gasteiger partial charge in [-0.3, -0.25) is 4.68 Å². The zero-order chi connectivity index (χ0) is 12.8. The highest BCUT2D eigenvalue weighted by Crippen LogP contribution is 2.13. The number of thiazole rings is 1. The van der Waals surface area contributed by atoms with E-state index in [2.05, 4.69) is 35.4 Å². The molecule has 0 bridgehead atoms.